The minimum atomic E-state index is -0.459. The highest BCUT2D eigenvalue weighted by Gasteiger charge is 2.28. The van der Waals surface area contributed by atoms with Gasteiger partial charge in [-0.1, -0.05) is 37.6 Å². The summed E-state index contributed by atoms with van der Waals surface area (Å²) >= 11 is 0. The molecule has 0 amide bonds. The number of carbonyl (C=O) groups is 1. The third-order valence-corrected chi connectivity index (χ3v) is 5.60. The lowest BCUT2D eigenvalue weighted by Crippen LogP contribution is -2.41. The normalized spacial score (nSPS) is 13.7. The molecule has 0 saturated heterocycles. The average molecular weight is 483 g/mol. The van der Waals surface area contributed by atoms with Gasteiger partial charge in [-0.3, -0.25) is 13.9 Å². The van der Waals surface area contributed by atoms with E-state index in [2.05, 4.69) is 20.9 Å². The molecule has 0 bridgehead atoms. The van der Waals surface area contributed by atoms with E-state index < -0.39 is 17.1 Å². The zero-order valence-electron chi connectivity index (χ0n) is 20.2. The van der Waals surface area contributed by atoms with Crippen LogP contribution in [0.5, 0.6) is 0 Å². The van der Waals surface area contributed by atoms with Crippen LogP contribution in [0, 0.1) is 5.82 Å². The molecule has 0 radical (unpaired) electrons. The zero-order chi connectivity index (χ0) is 25.4. The molecule has 0 fully saturated rings. The third-order valence-electron chi connectivity index (χ3n) is 5.60. The maximum absolute atomic E-state index is 14.2. The number of nitrogens with one attached hydrogen (secondary N) is 3. The van der Waals surface area contributed by atoms with E-state index in [0.717, 1.165) is 35.1 Å². The van der Waals surface area contributed by atoms with Crippen LogP contribution in [0.15, 0.2) is 52.2 Å². The second-order valence-electron chi connectivity index (χ2n) is 8.08. The van der Waals surface area contributed by atoms with E-state index in [4.69, 9.17) is 4.79 Å². The Morgan fingerprint density at radius 2 is 1.89 bits per heavy atom. The fraction of sp³-hybridized carbons (Fsp3) is 0.360. The second-order valence-corrected chi connectivity index (χ2v) is 8.08. The Morgan fingerprint density at radius 1 is 1.14 bits per heavy atom. The van der Waals surface area contributed by atoms with Gasteiger partial charge >= 0.3 is 5.69 Å². The van der Waals surface area contributed by atoms with Crippen LogP contribution in [0.2, 0.25) is 0 Å². The second kappa shape index (κ2) is 12.0. The minimum Gasteiger partial charge on any atom is -0.373 e. The van der Waals surface area contributed by atoms with Crippen molar-refractivity contribution in [2.75, 3.05) is 23.0 Å². The van der Waals surface area contributed by atoms with Gasteiger partial charge in [-0.05, 0) is 31.0 Å². The van der Waals surface area contributed by atoms with Crippen molar-refractivity contribution in [3.05, 3.63) is 80.4 Å². The van der Waals surface area contributed by atoms with Gasteiger partial charge in [0.05, 0.1) is 6.54 Å². The van der Waals surface area contributed by atoms with Crippen molar-refractivity contribution in [2.45, 2.75) is 52.4 Å². The first kappa shape index (κ1) is 25.7. The standard InChI is InChI=1S/C23H27FN6O2.C2H4O/c1-3-4-11-29-21-20(27-19(28-21)12-15-9-10-18(25-2)26-13-15)22(31)30(23(29)32)14-16-7-5-6-8-17(16)24;1-2-3/h5-10,13,19,27-28H,3-4,11-12,14H2,1-2H3,(H,25,26);2H,1H3. The summed E-state index contributed by atoms with van der Waals surface area (Å²) in [6.07, 6.45) is 4.51. The summed E-state index contributed by atoms with van der Waals surface area (Å²) in [5.74, 6) is 0.817. The molecule has 2 aromatic heterocycles. The zero-order valence-corrected chi connectivity index (χ0v) is 20.2. The maximum Gasteiger partial charge on any atom is 0.332 e. The summed E-state index contributed by atoms with van der Waals surface area (Å²) in [5.41, 5.74) is 0.713. The van der Waals surface area contributed by atoms with Crippen molar-refractivity contribution in [3.63, 3.8) is 0 Å². The van der Waals surface area contributed by atoms with Crippen LogP contribution in [0.3, 0.4) is 0 Å². The van der Waals surface area contributed by atoms with Gasteiger partial charge in [0.25, 0.3) is 5.56 Å². The Morgan fingerprint density at radius 3 is 2.51 bits per heavy atom. The molecule has 4 rings (SSSR count). The van der Waals surface area contributed by atoms with Gasteiger partial charge in [-0.2, -0.15) is 0 Å². The number of nitrogens with zero attached hydrogens (tertiary/aromatic N) is 3. The van der Waals surface area contributed by atoms with E-state index in [1.54, 1.807) is 36.0 Å². The Labute approximate surface area is 203 Å². The third kappa shape index (κ3) is 5.95. The van der Waals surface area contributed by atoms with Crippen molar-refractivity contribution in [1.29, 1.82) is 0 Å². The molecule has 1 aliphatic heterocycles. The van der Waals surface area contributed by atoms with E-state index >= 15 is 0 Å². The van der Waals surface area contributed by atoms with Gasteiger partial charge in [0.15, 0.2) is 0 Å². The first-order valence-electron chi connectivity index (χ1n) is 11.6. The van der Waals surface area contributed by atoms with Gasteiger partial charge in [-0.25, -0.2) is 14.2 Å². The smallest absolute Gasteiger partial charge is 0.332 e. The molecule has 1 atom stereocenters. The Kier molecular flexibility index (Phi) is 8.77. The molecule has 35 heavy (non-hydrogen) atoms. The largest absolute Gasteiger partial charge is 0.373 e. The molecule has 3 heterocycles. The molecule has 3 aromatic rings. The van der Waals surface area contributed by atoms with Gasteiger partial charge in [0, 0.05) is 31.8 Å². The first-order valence-corrected chi connectivity index (χ1v) is 11.6. The fourth-order valence-corrected chi connectivity index (χ4v) is 3.85. The summed E-state index contributed by atoms with van der Waals surface area (Å²) in [6, 6.07) is 10.0. The number of anilines is 3. The van der Waals surface area contributed by atoms with Crippen molar-refractivity contribution in [1.82, 2.24) is 14.1 Å². The fourth-order valence-electron chi connectivity index (χ4n) is 3.85. The van der Waals surface area contributed by atoms with Crippen LogP contribution in [0.1, 0.15) is 37.8 Å². The molecular weight excluding hydrogens is 451 g/mol. The molecule has 9 nitrogen and oxygen atoms in total. The molecule has 0 spiro atoms. The summed E-state index contributed by atoms with van der Waals surface area (Å²) < 4.78 is 16.9. The van der Waals surface area contributed by atoms with Crippen LogP contribution in [-0.4, -0.2) is 33.6 Å². The molecule has 186 valence electrons. The molecule has 3 N–H and O–H groups in total. The number of hydrogen-bond acceptors (Lipinski definition) is 7. The number of aromatic nitrogens is 3. The Bertz CT molecular complexity index is 1270. The molecular formula is C25H31FN6O3. The number of halogens is 1. The van der Waals surface area contributed by atoms with Crippen molar-refractivity contribution >= 4 is 23.6 Å². The topological polar surface area (TPSA) is 110 Å². The van der Waals surface area contributed by atoms with E-state index in [9.17, 15) is 14.0 Å². The highest BCUT2D eigenvalue weighted by atomic mass is 19.1. The number of carbonyl (C=O) groups excluding carboxylic acids is 1. The van der Waals surface area contributed by atoms with Crippen molar-refractivity contribution in [3.8, 4) is 0 Å². The maximum atomic E-state index is 14.2. The quantitative estimate of drug-likeness (QED) is 0.423. The van der Waals surface area contributed by atoms with E-state index in [1.165, 1.54) is 13.0 Å². The van der Waals surface area contributed by atoms with Gasteiger partial charge in [0.2, 0.25) is 0 Å². The number of benzene rings is 1. The summed E-state index contributed by atoms with van der Waals surface area (Å²) in [7, 11) is 1.81. The number of rotatable bonds is 8. The van der Waals surface area contributed by atoms with Crippen LogP contribution in [0.25, 0.3) is 0 Å². The van der Waals surface area contributed by atoms with Crippen LogP contribution in [-0.2, 0) is 24.3 Å². The molecule has 0 saturated carbocycles. The van der Waals surface area contributed by atoms with Gasteiger partial charge in [-0.15, -0.1) is 0 Å². The molecule has 1 unspecified atom stereocenters. The number of pyridine rings is 1. The lowest BCUT2D eigenvalue weighted by Gasteiger charge is -2.15. The summed E-state index contributed by atoms with van der Waals surface area (Å²) in [4.78, 5) is 39.6. The van der Waals surface area contributed by atoms with Crippen LogP contribution in [0.4, 0.5) is 21.7 Å². The van der Waals surface area contributed by atoms with Crippen molar-refractivity contribution < 1.29 is 9.18 Å². The SMILES string of the molecule is CC=O.CCCCn1c2c(c(=O)n(Cc3ccccc3F)c1=O)NC(Cc1ccc(NC)nc1)N2. The minimum absolute atomic E-state index is 0.120. The van der Waals surface area contributed by atoms with Gasteiger partial charge < -0.3 is 20.7 Å². The Hall–Kier alpha value is -3.95. The number of hydrogen-bond donors (Lipinski definition) is 3. The number of unbranched alkanes of at least 4 members (excludes halogenated alkanes) is 1. The Balaban J connectivity index is 0.00000108. The van der Waals surface area contributed by atoms with E-state index in [-0.39, 0.29) is 12.7 Å². The highest BCUT2D eigenvalue weighted by molar-refractivity contribution is 5.70. The molecule has 0 aliphatic carbocycles. The average Bonchev–Trinajstić information content (AvgIpc) is 3.27. The predicted molar refractivity (Wildman–Crippen MR) is 136 cm³/mol. The lowest BCUT2D eigenvalue weighted by molar-refractivity contribution is -0.106. The molecule has 1 aromatic carbocycles. The first-order chi connectivity index (χ1) is 16.9. The molecule has 10 heteroatoms. The van der Waals surface area contributed by atoms with Crippen LogP contribution < -0.4 is 27.2 Å². The molecule has 1 aliphatic rings. The predicted octanol–water partition coefficient (Wildman–Crippen LogP) is 3.05. The summed E-state index contributed by atoms with van der Waals surface area (Å²) in [5, 5.41) is 9.50. The number of fused-ring (bicyclic) bond motifs is 1. The van der Waals surface area contributed by atoms with Crippen molar-refractivity contribution in [2.24, 2.45) is 0 Å². The summed E-state index contributed by atoms with van der Waals surface area (Å²) in [6.45, 7) is 3.83. The lowest BCUT2D eigenvalue weighted by atomic mass is 10.2. The van der Waals surface area contributed by atoms with Gasteiger partial charge in [0.1, 0.15) is 35.6 Å². The highest BCUT2D eigenvalue weighted by Crippen LogP contribution is 2.26. The number of aldehydes is 1. The van der Waals surface area contributed by atoms with Crippen LogP contribution >= 0.6 is 0 Å². The monoisotopic (exact) mass is 482 g/mol. The van der Waals surface area contributed by atoms with E-state index in [0.29, 0.717) is 30.0 Å². The van der Waals surface area contributed by atoms with E-state index in [1.807, 2.05) is 19.1 Å².